The summed E-state index contributed by atoms with van der Waals surface area (Å²) < 4.78 is 0. The van der Waals surface area contributed by atoms with E-state index in [1.807, 2.05) is 0 Å². The zero-order valence-electron chi connectivity index (χ0n) is 8.59. The van der Waals surface area contributed by atoms with E-state index in [4.69, 9.17) is 5.73 Å². The lowest BCUT2D eigenvalue weighted by Gasteiger charge is -2.12. The maximum absolute atomic E-state index is 5.54. The van der Waals surface area contributed by atoms with Gasteiger partial charge in [-0.1, -0.05) is 38.1 Å². The van der Waals surface area contributed by atoms with Crippen molar-refractivity contribution in [2.45, 2.75) is 39.2 Å². The van der Waals surface area contributed by atoms with Crippen molar-refractivity contribution < 1.29 is 0 Å². The van der Waals surface area contributed by atoms with E-state index in [-0.39, 0.29) is 0 Å². The molecule has 1 heteroatoms. The van der Waals surface area contributed by atoms with Crippen LogP contribution in [0.1, 0.15) is 43.7 Å². The minimum atomic E-state index is 0.642. The third-order valence-electron chi connectivity index (χ3n) is 2.67. The first-order valence-corrected chi connectivity index (χ1v) is 5.10. The molecule has 0 heterocycles. The van der Waals surface area contributed by atoms with Crippen LogP contribution in [-0.2, 0) is 6.54 Å². The highest BCUT2D eigenvalue weighted by molar-refractivity contribution is 5.25. The number of rotatable bonds is 4. The third-order valence-corrected chi connectivity index (χ3v) is 2.67. The van der Waals surface area contributed by atoms with Crippen molar-refractivity contribution in [3.8, 4) is 0 Å². The van der Waals surface area contributed by atoms with Crippen LogP contribution in [0.5, 0.6) is 0 Å². The van der Waals surface area contributed by atoms with Crippen LogP contribution in [0.2, 0.25) is 0 Å². The van der Waals surface area contributed by atoms with Crippen LogP contribution in [0, 0.1) is 0 Å². The Balaban J connectivity index is 2.78. The summed E-state index contributed by atoms with van der Waals surface area (Å²) in [6.45, 7) is 5.12. The third kappa shape index (κ3) is 2.56. The van der Waals surface area contributed by atoms with E-state index < -0.39 is 0 Å². The Kier molecular flexibility index (Phi) is 3.97. The molecule has 2 N–H and O–H groups in total. The van der Waals surface area contributed by atoms with Crippen molar-refractivity contribution in [3.05, 3.63) is 35.4 Å². The molecule has 1 aromatic rings. The highest BCUT2D eigenvalue weighted by Gasteiger charge is 2.05. The van der Waals surface area contributed by atoms with E-state index in [9.17, 15) is 0 Å². The number of nitrogens with two attached hydrogens (primary N) is 1. The van der Waals surface area contributed by atoms with E-state index in [2.05, 4.69) is 38.1 Å². The van der Waals surface area contributed by atoms with Crippen molar-refractivity contribution in [1.82, 2.24) is 0 Å². The molecule has 0 saturated heterocycles. The van der Waals surface area contributed by atoms with Gasteiger partial charge in [0.2, 0.25) is 0 Å². The van der Waals surface area contributed by atoms with Crippen molar-refractivity contribution in [1.29, 1.82) is 0 Å². The molecule has 1 aromatic carbocycles. The monoisotopic (exact) mass is 177 g/mol. The molecule has 0 aliphatic heterocycles. The second-order valence-corrected chi connectivity index (χ2v) is 3.46. The summed E-state index contributed by atoms with van der Waals surface area (Å²) in [6, 6.07) is 8.68. The van der Waals surface area contributed by atoms with Gasteiger partial charge >= 0.3 is 0 Å². The first kappa shape index (κ1) is 10.3. The van der Waals surface area contributed by atoms with E-state index in [1.165, 1.54) is 24.0 Å². The minimum absolute atomic E-state index is 0.642. The zero-order chi connectivity index (χ0) is 9.68. The lowest BCUT2D eigenvalue weighted by molar-refractivity contribution is 0.641. The average molecular weight is 177 g/mol. The number of hydrogen-bond donors (Lipinski definition) is 1. The summed E-state index contributed by atoms with van der Waals surface area (Å²) in [5, 5.41) is 0. The van der Waals surface area contributed by atoms with Crippen LogP contribution in [0.3, 0.4) is 0 Å². The molecule has 1 nitrogen and oxygen atoms in total. The van der Waals surface area contributed by atoms with Gasteiger partial charge < -0.3 is 5.73 Å². The lowest BCUT2D eigenvalue weighted by atomic mass is 9.93. The van der Waals surface area contributed by atoms with Gasteiger partial charge in [0.25, 0.3) is 0 Å². The van der Waals surface area contributed by atoms with E-state index >= 15 is 0 Å². The Labute approximate surface area is 81.0 Å². The van der Waals surface area contributed by atoms with Crippen molar-refractivity contribution >= 4 is 0 Å². The quantitative estimate of drug-likeness (QED) is 0.751. The van der Waals surface area contributed by atoms with Gasteiger partial charge in [-0.05, 0) is 29.9 Å². The van der Waals surface area contributed by atoms with Gasteiger partial charge in [-0.3, -0.25) is 0 Å². The van der Waals surface area contributed by atoms with Gasteiger partial charge in [-0.25, -0.2) is 0 Å². The van der Waals surface area contributed by atoms with Crippen molar-refractivity contribution in [2.24, 2.45) is 5.73 Å². The standard InChI is InChI=1S/C12H19N/c1-3-11(4-2)12-7-5-10(9-13)6-8-12/h5-8,11H,3-4,9,13H2,1-2H3. The van der Waals surface area contributed by atoms with Gasteiger partial charge in [-0.15, -0.1) is 0 Å². The van der Waals surface area contributed by atoms with E-state index in [0.29, 0.717) is 12.5 Å². The molecular weight excluding hydrogens is 158 g/mol. The van der Waals surface area contributed by atoms with Crippen molar-refractivity contribution in [3.63, 3.8) is 0 Å². The largest absolute Gasteiger partial charge is 0.326 e. The molecule has 0 fully saturated rings. The predicted octanol–water partition coefficient (Wildman–Crippen LogP) is 3.05. The summed E-state index contributed by atoms with van der Waals surface area (Å²) in [5.41, 5.74) is 8.20. The molecular formula is C12H19N. The first-order chi connectivity index (χ1) is 6.31. The van der Waals surface area contributed by atoms with Gasteiger partial charge in [0, 0.05) is 6.54 Å². The molecule has 0 saturated carbocycles. The Hall–Kier alpha value is -0.820. The van der Waals surface area contributed by atoms with Crippen LogP contribution in [0.25, 0.3) is 0 Å². The van der Waals surface area contributed by atoms with Crippen LogP contribution in [0.15, 0.2) is 24.3 Å². The zero-order valence-corrected chi connectivity index (χ0v) is 8.59. The number of benzene rings is 1. The minimum Gasteiger partial charge on any atom is -0.326 e. The molecule has 0 aromatic heterocycles. The molecule has 13 heavy (non-hydrogen) atoms. The van der Waals surface area contributed by atoms with Crippen LogP contribution in [-0.4, -0.2) is 0 Å². The fourth-order valence-electron chi connectivity index (χ4n) is 1.69. The highest BCUT2D eigenvalue weighted by atomic mass is 14.5. The SMILES string of the molecule is CCC(CC)c1ccc(CN)cc1. The summed E-state index contributed by atoms with van der Waals surface area (Å²) in [4.78, 5) is 0. The highest BCUT2D eigenvalue weighted by Crippen LogP contribution is 2.22. The summed E-state index contributed by atoms with van der Waals surface area (Å²) >= 11 is 0. The van der Waals surface area contributed by atoms with E-state index in [0.717, 1.165) is 0 Å². The summed E-state index contributed by atoms with van der Waals surface area (Å²) in [6.07, 6.45) is 2.44. The maximum Gasteiger partial charge on any atom is 0.0178 e. The molecule has 0 aliphatic carbocycles. The molecule has 0 spiro atoms. The van der Waals surface area contributed by atoms with Crippen LogP contribution in [0.4, 0.5) is 0 Å². The Morgan fingerprint density at radius 2 is 1.62 bits per heavy atom. The fourth-order valence-corrected chi connectivity index (χ4v) is 1.69. The fraction of sp³-hybridized carbons (Fsp3) is 0.500. The summed E-state index contributed by atoms with van der Waals surface area (Å²) in [5.74, 6) is 0.715. The van der Waals surface area contributed by atoms with Gasteiger partial charge in [0.1, 0.15) is 0 Å². The lowest BCUT2D eigenvalue weighted by Crippen LogP contribution is -1.98. The number of hydrogen-bond acceptors (Lipinski definition) is 1. The van der Waals surface area contributed by atoms with Gasteiger partial charge in [-0.2, -0.15) is 0 Å². The molecule has 72 valence electrons. The molecule has 0 bridgehead atoms. The molecule has 1 rings (SSSR count). The first-order valence-electron chi connectivity index (χ1n) is 5.10. The predicted molar refractivity (Wildman–Crippen MR) is 57.7 cm³/mol. The average Bonchev–Trinajstić information content (AvgIpc) is 2.21. The Bertz CT molecular complexity index is 234. The van der Waals surface area contributed by atoms with Gasteiger partial charge in [0.15, 0.2) is 0 Å². The second-order valence-electron chi connectivity index (χ2n) is 3.46. The molecule has 0 amide bonds. The van der Waals surface area contributed by atoms with Crippen molar-refractivity contribution in [2.75, 3.05) is 0 Å². The van der Waals surface area contributed by atoms with Crippen LogP contribution < -0.4 is 5.73 Å². The molecule has 0 aliphatic rings. The smallest absolute Gasteiger partial charge is 0.0178 e. The second kappa shape index (κ2) is 5.03. The normalized spacial score (nSPS) is 10.8. The maximum atomic E-state index is 5.54. The van der Waals surface area contributed by atoms with E-state index in [1.54, 1.807) is 0 Å². The molecule has 0 atom stereocenters. The van der Waals surface area contributed by atoms with Gasteiger partial charge in [0.05, 0.1) is 0 Å². The molecule has 0 unspecified atom stereocenters. The van der Waals surface area contributed by atoms with Crippen LogP contribution >= 0.6 is 0 Å². The molecule has 0 radical (unpaired) electrons. The Morgan fingerprint density at radius 1 is 1.08 bits per heavy atom. The summed E-state index contributed by atoms with van der Waals surface area (Å²) in [7, 11) is 0. The Morgan fingerprint density at radius 3 is 2.00 bits per heavy atom. The topological polar surface area (TPSA) is 26.0 Å².